The molecular formula is C13H27NO2. The highest BCUT2D eigenvalue weighted by atomic mass is 16.5. The first-order chi connectivity index (χ1) is 7.61. The van der Waals surface area contributed by atoms with Crippen molar-refractivity contribution in [3.8, 4) is 0 Å². The van der Waals surface area contributed by atoms with Crippen molar-refractivity contribution < 1.29 is 9.53 Å². The molecule has 0 unspecified atom stereocenters. The van der Waals surface area contributed by atoms with E-state index in [0.29, 0.717) is 5.92 Å². The first-order valence-electron chi connectivity index (χ1n) is 6.43. The van der Waals surface area contributed by atoms with E-state index in [0.717, 1.165) is 19.4 Å². The van der Waals surface area contributed by atoms with Gasteiger partial charge in [-0.15, -0.1) is 0 Å². The molecular weight excluding hydrogens is 202 g/mol. The van der Waals surface area contributed by atoms with Gasteiger partial charge in [0.2, 0.25) is 0 Å². The van der Waals surface area contributed by atoms with Crippen LogP contribution in [0.2, 0.25) is 0 Å². The normalized spacial score (nSPS) is 12.8. The Morgan fingerprint density at radius 1 is 1.25 bits per heavy atom. The summed E-state index contributed by atoms with van der Waals surface area (Å²) in [6.45, 7) is 7.35. The number of hydrogen-bond acceptors (Lipinski definition) is 3. The summed E-state index contributed by atoms with van der Waals surface area (Å²) in [7, 11) is 1.45. The van der Waals surface area contributed by atoms with Gasteiger partial charge < -0.3 is 10.1 Å². The summed E-state index contributed by atoms with van der Waals surface area (Å²) >= 11 is 0. The number of hydrogen-bond donors (Lipinski definition) is 1. The minimum absolute atomic E-state index is 0.133. The minimum Gasteiger partial charge on any atom is -0.468 e. The van der Waals surface area contributed by atoms with Gasteiger partial charge in [0.1, 0.15) is 6.04 Å². The van der Waals surface area contributed by atoms with Crippen molar-refractivity contribution in [3.05, 3.63) is 0 Å². The molecule has 0 aliphatic carbocycles. The van der Waals surface area contributed by atoms with Crippen LogP contribution in [0.5, 0.6) is 0 Å². The van der Waals surface area contributed by atoms with Gasteiger partial charge in [0.25, 0.3) is 0 Å². The van der Waals surface area contributed by atoms with Crippen LogP contribution in [-0.2, 0) is 9.53 Å². The van der Waals surface area contributed by atoms with Crippen molar-refractivity contribution in [3.63, 3.8) is 0 Å². The molecule has 96 valence electrons. The van der Waals surface area contributed by atoms with Gasteiger partial charge in [-0.3, -0.25) is 4.79 Å². The second-order valence-electron chi connectivity index (χ2n) is 4.72. The van der Waals surface area contributed by atoms with Crippen molar-refractivity contribution in [2.45, 2.75) is 58.9 Å². The maximum Gasteiger partial charge on any atom is 0.322 e. The third kappa shape index (κ3) is 7.69. The fraction of sp³-hybridized carbons (Fsp3) is 0.923. The zero-order valence-corrected chi connectivity index (χ0v) is 11.2. The third-order valence-corrected chi connectivity index (χ3v) is 2.61. The highest BCUT2D eigenvalue weighted by Crippen LogP contribution is 2.06. The maximum absolute atomic E-state index is 11.5. The lowest BCUT2D eigenvalue weighted by molar-refractivity contribution is -0.143. The van der Waals surface area contributed by atoms with Gasteiger partial charge in [-0.1, -0.05) is 40.0 Å². The molecule has 1 N–H and O–H groups in total. The van der Waals surface area contributed by atoms with E-state index in [1.807, 2.05) is 0 Å². The third-order valence-electron chi connectivity index (χ3n) is 2.61. The van der Waals surface area contributed by atoms with E-state index in [4.69, 9.17) is 4.74 Å². The topological polar surface area (TPSA) is 38.3 Å². The molecule has 0 rings (SSSR count). The standard InChI is InChI=1S/C13H27NO2/c1-5-6-7-8-9-14-12(10-11(2)3)13(15)16-4/h11-12,14H,5-10H2,1-4H3/t12-/m1/s1. The quantitative estimate of drug-likeness (QED) is 0.488. The van der Waals surface area contributed by atoms with Gasteiger partial charge >= 0.3 is 5.97 Å². The molecule has 3 nitrogen and oxygen atoms in total. The van der Waals surface area contributed by atoms with Crippen LogP contribution in [0.1, 0.15) is 52.9 Å². The summed E-state index contributed by atoms with van der Waals surface area (Å²) < 4.78 is 4.79. The number of ether oxygens (including phenoxy) is 1. The zero-order chi connectivity index (χ0) is 12.4. The zero-order valence-electron chi connectivity index (χ0n) is 11.2. The summed E-state index contributed by atoms with van der Waals surface area (Å²) in [5, 5.41) is 3.29. The highest BCUT2D eigenvalue weighted by Gasteiger charge is 2.19. The summed E-state index contributed by atoms with van der Waals surface area (Å²) in [5.41, 5.74) is 0. The van der Waals surface area contributed by atoms with Crippen LogP contribution in [0.4, 0.5) is 0 Å². The number of carbonyl (C=O) groups excluding carboxylic acids is 1. The number of esters is 1. The number of nitrogens with one attached hydrogen (secondary N) is 1. The first kappa shape index (κ1) is 15.4. The molecule has 0 aromatic heterocycles. The van der Waals surface area contributed by atoms with Crippen molar-refractivity contribution >= 4 is 5.97 Å². The molecule has 0 fully saturated rings. The second-order valence-corrected chi connectivity index (χ2v) is 4.72. The predicted octanol–water partition coefficient (Wildman–Crippen LogP) is 2.74. The Morgan fingerprint density at radius 3 is 2.44 bits per heavy atom. The summed E-state index contributed by atoms with van der Waals surface area (Å²) in [6, 6.07) is -0.133. The van der Waals surface area contributed by atoms with Crippen LogP contribution in [0.25, 0.3) is 0 Å². The summed E-state index contributed by atoms with van der Waals surface area (Å²) in [4.78, 5) is 11.5. The molecule has 16 heavy (non-hydrogen) atoms. The average Bonchev–Trinajstić information content (AvgIpc) is 2.25. The van der Waals surface area contributed by atoms with Gasteiger partial charge in [0.15, 0.2) is 0 Å². The highest BCUT2D eigenvalue weighted by molar-refractivity contribution is 5.75. The molecule has 0 amide bonds. The molecule has 0 bridgehead atoms. The van der Waals surface area contributed by atoms with Crippen molar-refractivity contribution in [2.75, 3.05) is 13.7 Å². The predicted molar refractivity (Wildman–Crippen MR) is 67.4 cm³/mol. The molecule has 0 saturated heterocycles. The lowest BCUT2D eigenvalue weighted by Gasteiger charge is -2.18. The van der Waals surface area contributed by atoms with E-state index in [1.54, 1.807) is 0 Å². The fourth-order valence-electron chi connectivity index (χ4n) is 1.70. The van der Waals surface area contributed by atoms with Gasteiger partial charge in [0.05, 0.1) is 7.11 Å². The van der Waals surface area contributed by atoms with E-state index in [1.165, 1.54) is 26.4 Å². The largest absolute Gasteiger partial charge is 0.468 e. The van der Waals surface area contributed by atoms with Gasteiger partial charge in [-0.25, -0.2) is 0 Å². The molecule has 0 spiro atoms. The lowest BCUT2D eigenvalue weighted by Crippen LogP contribution is -2.39. The van der Waals surface area contributed by atoms with Gasteiger partial charge in [-0.2, -0.15) is 0 Å². The number of methoxy groups -OCH3 is 1. The van der Waals surface area contributed by atoms with Gasteiger partial charge in [0, 0.05) is 0 Å². The number of carbonyl (C=O) groups is 1. The van der Waals surface area contributed by atoms with Gasteiger partial charge in [-0.05, 0) is 25.3 Å². The van der Waals surface area contributed by atoms with Crippen LogP contribution < -0.4 is 5.32 Å². The molecule has 0 aromatic rings. The fourth-order valence-corrected chi connectivity index (χ4v) is 1.70. The molecule has 0 aliphatic heterocycles. The van der Waals surface area contributed by atoms with Crippen LogP contribution in [0, 0.1) is 5.92 Å². The van der Waals surface area contributed by atoms with Crippen molar-refractivity contribution in [1.82, 2.24) is 5.32 Å². The van der Waals surface area contributed by atoms with Crippen molar-refractivity contribution in [2.24, 2.45) is 5.92 Å². The minimum atomic E-state index is -0.135. The molecule has 0 radical (unpaired) electrons. The Bertz CT molecular complexity index is 181. The van der Waals surface area contributed by atoms with Crippen LogP contribution >= 0.6 is 0 Å². The average molecular weight is 229 g/mol. The Balaban J connectivity index is 3.79. The van der Waals surface area contributed by atoms with E-state index in [9.17, 15) is 4.79 Å². The van der Waals surface area contributed by atoms with E-state index >= 15 is 0 Å². The van der Waals surface area contributed by atoms with Crippen LogP contribution in [0.15, 0.2) is 0 Å². The second kappa shape index (κ2) is 9.64. The van der Waals surface area contributed by atoms with Crippen molar-refractivity contribution in [1.29, 1.82) is 0 Å². The molecule has 0 aromatic carbocycles. The SMILES string of the molecule is CCCCCCN[C@H](CC(C)C)C(=O)OC. The Morgan fingerprint density at radius 2 is 1.94 bits per heavy atom. The van der Waals surface area contributed by atoms with E-state index in [2.05, 4.69) is 26.1 Å². The van der Waals surface area contributed by atoms with E-state index < -0.39 is 0 Å². The summed E-state index contributed by atoms with van der Waals surface area (Å²) in [6.07, 6.45) is 5.74. The molecule has 0 aliphatic rings. The first-order valence-corrected chi connectivity index (χ1v) is 6.43. The summed E-state index contributed by atoms with van der Waals surface area (Å²) in [5.74, 6) is 0.372. The molecule has 3 heteroatoms. The van der Waals surface area contributed by atoms with E-state index in [-0.39, 0.29) is 12.0 Å². The number of unbranched alkanes of at least 4 members (excludes halogenated alkanes) is 3. The Kier molecular flexibility index (Phi) is 9.30. The maximum atomic E-state index is 11.5. The Labute approximate surface area is 99.9 Å². The monoisotopic (exact) mass is 229 g/mol. The smallest absolute Gasteiger partial charge is 0.322 e. The van der Waals surface area contributed by atoms with Crippen LogP contribution in [-0.4, -0.2) is 25.7 Å². The molecule has 0 saturated carbocycles. The van der Waals surface area contributed by atoms with Crippen LogP contribution in [0.3, 0.4) is 0 Å². The Hall–Kier alpha value is -0.570. The lowest BCUT2D eigenvalue weighted by atomic mass is 10.0. The molecule has 1 atom stereocenters. The number of rotatable bonds is 9. The molecule has 0 heterocycles.